The fourth-order valence-corrected chi connectivity index (χ4v) is 1.66. The maximum atomic E-state index is 12.0. The molecule has 2 N–H and O–H groups in total. The lowest BCUT2D eigenvalue weighted by Gasteiger charge is -2.17. The van der Waals surface area contributed by atoms with Crippen molar-refractivity contribution < 1.29 is 14.3 Å². The van der Waals surface area contributed by atoms with E-state index in [1.807, 2.05) is 20.8 Å². The molecule has 2 rings (SSSR count). The van der Waals surface area contributed by atoms with Crippen LogP contribution in [-0.4, -0.2) is 29.2 Å². The van der Waals surface area contributed by atoms with Gasteiger partial charge >= 0.3 is 5.97 Å². The van der Waals surface area contributed by atoms with Crippen LogP contribution in [0.1, 0.15) is 31.3 Å². The van der Waals surface area contributed by atoms with Crippen molar-refractivity contribution in [3.63, 3.8) is 0 Å². The van der Waals surface area contributed by atoms with Crippen LogP contribution in [0.2, 0.25) is 0 Å². The van der Waals surface area contributed by atoms with E-state index in [-0.39, 0.29) is 11.6 Å². The number of carbonyl (C=O) groups is 2. The van der Waals surface area contributed by atoms with E-state index in [0.29, 0.717) is 16.6 Å². The molecule has 0 bridgehead atoms. The number of amides is 1. The van der Waals surface area contributed by atoms with E-state index in [9.17, 15) is 9.59 Å². The molecule has 20 heavy (non-hydrogen) atoms. The van der Waals surface area contributed by atoms with Gasteiger partial charge in [-0.05, 0) is 18.2 Å². The van der Waals surface area contributed by atoms with Gasteiger partial charge in [0, 0.05) is 16.5 Å². The van der Waals surface area contributed by atoms with Crippen LogP contribution in [0.4, 0.5) is 5.69 Å². The van der Waals surface area contributed by atoms with E-state index in [4.69, 9.17) is 0 Å². The number of hydrogen-bond acceptors (Lipinski definition) is 4. The molecule has 0 aliphatic heterocycles. The number of ether oxygens (including phenoxy) is 1. The SMILES string of the molecule is COC(=O)c1n[nH]c2ccc(NC(=O)C(C)(C)C)cc12. The first-order chi connectivity index (χ1) is 9.32. The van der Waals surface area contributed by atoms with Crippen LogP contribution in [0.5, 0.6) is 0 Å². The minimum absolute atomic E-state index is 0.0973. The van der Waals surface area contributed by atoms with Crippen molar-refractivity contribution >= 4 is 28.5 Å². The highest BCUT2D eigenvalue weighted by Crippen LogP contribution is 2.23. The summed E-state index contributed by atoms with van der Waals surface area (Å²) in [4.78, 5) is 23.5. The molecule has 1 aromatic heterocycles. The second kappa shape index (κ2) is 4.96. The molecule has 0 atom stereocenters. The Balaban J connectivity index is 2.37. The zero-order chi connectivity index (χ0) is 14.9. The van der Waals surface area contributed by atoms with Crippen molar-refractivity contribution in [2.24, 2.45) is 5.41 Å². The van der Waals surface area contributed by atoms with Gasteiger partial charge < -0.3 is 10.1 Å². The summed E-state index contributed by atoms with van der Waals surface area (Å²) in [7, 11) is 1.30. The molecule has 6 nitrogen and oxygen atoms in total. The van der Waals surface area contributed by atoms with Gasteiger partial charge in [0.1, 0.15) is 0 Å². The molecule has 1 amide bonds. The normalized spacial score (nSPS) is 11.4. The molecule has 0 fully saturated rings. The molecule has 1 heterocycles. The van der Waals surface area contributed by atoms with Crippen LogP contribution < -0.4 is 5.32 Å². The first-order valence-electron chi connectivity index (χ1n) is 6.21. The molecule has 0 unspecified atom stereocenters. The Kier molecular flexibility index (Phi) is 3.48. The standard InChI is InChI=1S/C14H17N3O3/c1-14(2,3)13(19)15-8-5-6-10-9(7-8)11(17-16-10)12(18)20-4/h5-7H,1-4H3,(H,15,19)(H,16,17). The number of nitrogens with one attached hydrogen (secondary N) is 2. The summed E-state index contributed by atoms with van der Waals surface area (Å²) in [6.07, 6.45) is 0. The van der Waals surface area contributed by atoms with Crippen LogP contribution in [0.25, 0.3) is 10.9 Å². The number of esters is 1. The maximum absolute atomic E-state index is 12.0. The third-order valence-electron chi connectivity index (χ3n) is 2.88. The second-order valence-corrected chi connectivity index (χ2v) is 5.53. The zero-order valence-corrected chi connectivity index (χ0v) is 11.9. The van der Waals surface area contributed by atoms with Gasteiger partial charge in [0.2, 0.25) is 5.91 Å². The fourth-order valence-electron chi connectivity index (χ4n) is 1.66. The number of anilines is 1. The van der Waals surface area contributed by atoms with Crippen LogP contribution >= 0.6 is 0 Å². The van der Waals surface area contributed by atoms with Crippen LogP contribution in [0, 0.1) is 5.41 Å². The third kappa shape index (κ3) is 2.64. The van der Waals surface area contributed by atoms with Crippen molar-refractivity contribution in [2.45, 2.75) is 20.8 Å². The molecular formula is C14H17N3O3. The average Bonchev–Trinajstić information content (AvgIpc) is 2.79. The number of aromatic amines is 1. The number of rotatable bonds is 2. The smallest absolute Gasteiger partial charge is 0.359 e. The first kappa shape index (κ1) is 14.0. The summed E-state index contributed by atoms with van der Waals surface area (Å²) >= 11 is 0. The number of H-pyrrole nitrogens is 1. The lowest BCUT2D eigenvalue weighted by molar-refractivity contribution is -0.123. The van der Waals surface area contributed by atoms with Gasteiger partial charge in [-0.2, -0.15) is 5.10 Å². The number of nitrogens with zero attached hydrogens (tertiary/aromatic N) is 1. The lowest BCUT2D eigenvalue weighted by atomic mass is 9.95. The predicted octanol–water partition coefficient (Wildman–Crippen LogP) is 2.33. The molecule has 6 heteroatoms. The van der Waals surface area contributed by atoms with Gasteiger partial charge in [0.25, 0.3) is 0 Å². The number of benzene rings is 1. The molecule has 2 aromatic rings. The molecule has 0 radical (unpaired) electrons. The molecule has 106 valence electrons. The maximum Gasteiger partial charge on any atom is 0.359 e. The van der Waals surface area contributed by atoms with Gasteiger partial charge in [0.15, 0.2) is 5.69 Å². The van der Waals surface area contributed by atoms with Crippen molar-refractivity contribution in [3.8, 4) is 0 Å². The summed E-state index contributed by atoms with van der Waals surface area (Å²) in [6, 6.07) is 5.22. The number of carbonyl (C=O) groups excluding carboxylic acids is 2. The average molecular weight is 275 g/mol. The molecule has 0 saturated carbocycles. The summed E-state index contributed by atoms with van der Waals surface area (Å²) < 4.78 is 4.67. The first-order valence-corrected chi connectivity index (χ1v) is 6.21. The fraction of sp³-hybridized carbons (Fsp3) is 0.357. The summed E-state index contributed by atoms with van der Waals surface area (Å²) in [6.45, 7) is 5.50. The highest BCUT2D eigenvalue weighted by molar-refractivity contribution is 6.04. The van der Waals surface area contributed by atoms with E-state index >= 15 is 0 Å². The molecular weight excluding hydrogens is 258 g/mol. The zero-order valence-electron chi connectivity index (χ0n) is 11.9. The number of aromatic nitrogens is 2. The number of hydrogen-bond donors (Lipinski definition) is 2. The molecule has 0 aliphatic rings. The Morgan fingerprint density at radius 2 is 2.00 bits per heavy atom. The largest absolute Gasteiger partial charge is 0.464 e. The van der Waals surface area contributed by atoms with E-state index in [0.717, 1.165) is 0 Å². The van der Waals surface area contributed by atoms with Crippen molar-refractivity contribution in [1.82, 2.24) is 10.2 Å². The third-order valence-corrected chi connectivity index (χ3v) is 2.88. The van der Waals surface area contributed by atoms with Crippen LogP contribution in [0.15, 0.2) is 18.2 Å². The monoisotopic (exact) mass is 275 g/mol. The predicted molar refractivity (Wildman–Crippen MR) is 75.5 cm³/mol. The van der Waals surface area contributed by atoms with E-state index in [1.54, 1.807) is 18.2 Å². The second-order valence-electron chi connectivity index (χ2n) is 5.53. The van der Waals surface area contributed by atoms with Gasteiger partial charge in [-0.15, -0.1) is 0 Å². The molecule has 0 aliphatic carbocycles. The Hall–Kier alpha value is -2.37. The van der Waals surface area contributed by atoms with Crippen LogP contribution in [-0.2, 0) is 9.53 Å². The minimum atomic E-state index is -0.518. The Morgan fingerprint density at radius 1 is 1.30 bits per heavy atom. The van der Waals surface area contributed by atoms with E-state index < -0.39 is 11.4 Å². The summed E-state index contributed by atoms with van der Waals surface area (Å²) in [5, 5.41) is 10.1. The number of methoxy groups -OCH3 is 1. The lowest BCUT2D eigenvalue weighted by Crippen LogP contribution is -2.27. The van der Waals surface area contributed by atoms with E-state index in [2.05, 4.69) is 20.3 Å². The van der Waals surface area contributed by atoms with Gasteiger partial charge in [0.05, 0.1) is 12.6 Å². The molecule has 1 aromatic carbocycles. The Labute approximate surface area is 116 Å². The van der Waals surface area contributed by atoms with Crippen molar-refractivity contribution in [3.05, 3.63) is 23.9 Å². The molecule has 0 saturated heterocycles. The van der Waals surface area contributed by atoms with Crippen molar-refractivity contribution in [2.75, 3.05) is 12.4 Å². The summed E-state index contributed by atoms with van der Waals surface area (Å²) in [5.41, 5.74) is 1.04. The highest BCUT2D eigenvalue weighted by Gasteiger charge is 2.22. The van der Waals surface area contributed by atoms with Gasteiger partial charge in [-0.3, -0.25) is 9.89 Å². The quantitative estimate of drug-likeness (QED) is 0.824. The van der Waals surface area contributed by atoms with Crippen LogP contribution in [0.3, 0.4) is 0 Å². The Bertz CT molecular complexity index is 668. The van der Waals surface area contributed by atoms with Crippen molar-refractivity contribution in [1.29, 1.82) is 0 Å². The highest BCUT2D eigenvalue weighted by atomic mass is 16.5. The van der Waals surface area contributed by atoms with Gasteiger partial charge in [-0.1, -0.05) is 20.8 Å². The topological polar surface area (TPSA) is 84.1 Å². The minimum Gasteiger partial charge on any atom is -0.464 e. The van der Waals surface area contributed by atoms with Gasteiger partial charge in [-0.25, -0.2) is 4.79 Å². The molecule has 0 spiro atoms. The number of fused-ring (bicyclic) bond motifs is 1. The Morgan fingerprint density at radius 3 is 2.60 bits per heavy atom. The summed E-state index contributed by atoms with van der Waals surface area (Å²) in [5.74, 6) is -0.615. The van der Waals surface area contributed by atoms with E-state index in [1.165, 1.54) is 7.11 Å².